The van der Waals surface area contributed by atoms with Gasteiger partial charge in [0.15, 0.2) is 23.5 Å². The molecule has 4 rings (SSSR count). The Hall–Kier alpha value is -2.78. The van der Waals surface area contributed by atoms with Gasteiger partial charge in [0.25, 0.3) is 0 Å². The van der Waals surface area contributed by atoms with Crippen LogP contribution >= 0.6 is 0 Å². The van der Waals surface area contributed by atoms with E-state index in [4.69, 9.17) is 9.15 Å². The summed E-state index contributed by atoms with van der Waals surface area (Å²) in [5.74, 6) is 0.833. The van der Waals surface area contributed by atoms with Crippen molar-refractivity contribution < 1.29 is 27.1 Å². The molecule has 1 aliphatic heterocycles. The third kappa shape index (κ3) is 4.22. The molecule has 1 atom stereocenters. The first-order valence-electron chi connectivity index (χ1n) is 9.49. The van der Waals surface area contributed by atoms with E-state index in [1.807, 2.05) is 12.1 Å². The van der Waals surface area contributed by atoms with Crippen molar-refractivity contribution in [2.24, 2.45) is 0 Å². The smallest absolute Gasteiger partial charge is 0.415 e. The van der Waals surface area contributed by atoms with Gasteiger partial charge in [0.05, 0.1) is 18.3 Å². The SMILES string of the molecule is CC(=O)c1cc(-c2cnc(C)o2)c2ccc(CN3CCOC(C(F)(F)F)C3)cc2n1. The maximum absolute atomic E-state index is 13.0. The lowest BCUT2D eigenvalue weighted by molar-refractivity contribution is -0.237. The number of nitrogens with zero attached hydrogens (tertiary/aromatic N) is 3. The quantitative estimate of drug-likeness (QED) is 0.592. The number of fused-ring (bicyclic) bond motifs is 1. The van der Waals surface area contributed by atoms with Gasteiger partial charge in [0.1, 0.15) is 5.69 Å². The van der Waals surface area contributed by atoms with Crippen LogP contribution in [0.25, 0.3) is 22.2 Å². The number of carbonyl (C=O) groups is 1. The summed E-state index contributed by atoms with van der Waals surface area (Å²) in [6.07, 6.45) is -4.58. The Bertz CT molecular complexity index is 1090. The molecule has 0 amide bonds. The van der Waals surface area contributed by atoms with Crippen molar-refractivity contribution >= 4 is 16.7 Å². The van der Waals surface area contributed by atoms with Gasteiger partial charge in [0, 0.05) is 44.4 Å². The minimum absolute atomic E-state index is 0.0273. The van der Waals surface area contributed by atoms with E-state index < -0.39 is 12.3 Å². The van der Waals surface area contributed by atoms with Crippen LogP contribution in [0.2, 0.25) is 0 Å². The van der Waals surface area contributed by atoms with E-state index in [-0.39, 0.29) is 24.6 Å². The van der Waals surface area contributed by atoms with E-state index in [0.717, 1.165) is 10.9 Å². The van der Waals surface area contributed by atoms with Gasteiger partial charge >= 0.3 is 6.18 Å². The Morgan fingerprint density at radius 2 is 2.10 bits per heavy atom. The lowest BCUT2D eigenvalue weighted by atomic mass is 10.0. The number of oxazole rings is 1. The maximum Gasteiger partial charge on any atom is 0.415 e. The van der Waals surface area contributed by atoms with Gasteiger partial charge in [-0.15, -0.1) is 0 Å². The molecule has 1 aliphatic rings. The normalized spacial score (nSPS) is 18.1. The number of ether oxygens (including phenoxy) is 1. The number of alkyl halides is 3. The predicted octanol–water partition coefficient (Wildman–Crippen LogP) is 4.16. The van der Waals surface area contributed by atoms with Crippen molar-refractivity contribution in [1.82, 2.24) is 14.9 Å². The number of aryl methyl sites for hydroxylation is 1. The van der Waals surface area contributed by atoms with Crippen LogP contribution in [0.3, 0.4) is 0 Å². The molecule has 9 heteroatoms. The van der Waals surface area contributed by atoms with Crippen LogP contribution in [0, 0.1) is 6.92 Å². The standard InChI is InChI=1S/C21H20F3N3O3/c1-12(28)17-8-16(19-9-25-13(2)30-19)15-4-3-14(7-18(15)26-17)10-27-5-6-29-20(11-27)21(22,23)24/h3-4,7-9,20H,5-6,10-11H2,1-2H3. The predicted molar refractivity (Wildman–Crippen MR) is 103 cm³/mol. The molecule has 0 bridgehead atoms. The van der Waals surface area contributed by atoms with Crippen LogP contribution in [-0.4, -0.2) is 52.6 Å². The van der Waals surface area contributed by atoms with Crippen LogP contribution in [-0.2, 0) is 11.3 Å². The maximum atomic E-state index is 13.0. The van der Waals surface area contributed by atoms with E-state index in [2.05, 4.69) is 9.97 Å². The highest BCUT2D eigenvalue weighted by Gasteiger charge is 2.43. The van der Waals surface area contributed by atoms with Gasteiger partial charge in [-0.05, 0) is 17.7 Å². The number of carbonyl (C=O) groups excluding carboxylic acids is 1. The number of Topliss-reactive ketones (excluding diaryl/α,β-unsaturated/α-hetero) is 1. The van der Waals surface area contributed by atoms with Gasteiger partial charge < -0.3 is 9.15 Å². The number of halogens is 3. The zero-order valence-electron chi connectivity index (χ0n) is 16.5. The van der Waals surface area contributed by atoms with E-state index >= 15 is 0 Å². The minimum Gasteiger partial charge on any atom is -0.441 e. The first-order valence-corrected chi connectivity index (χ1v) is 9.49. The molecule has 1 fully saturated rings. The molecule has 0 radical (unpaired) electrons. The van der Waals surface area contributed by atoms with Gasteiger partial charge in [0.2, 0.25) is 0 Å². The van der Waals surface area contributed by atoms with Crippen molar-refractivity contribution in [3.05, 3.63) is 47.6 Å². The van der Waals surface area contributed by atoms with Crippen molar-refractivity contribution in [2.45, 2.75) is 32.7 Å². The average molecular weight is 419 g/mol. The molecular formula is C21H20F3N3O3. The summed E-state index contributed by atoms with van der Waals surface area (Å²) in [5, 5.41) is 0.773. The molecule has 0 spiro atoms. The molecule has 0 saturated carbocycles. The Morgan fingerprint density at radius 1 is 1.30 bits per heavy atom. The minimum atomic E-state index is -4.38. The number of aromatic nitrogens is 2. The van der Waals surface area contributed by atoms with Crippen molar-refractivity contribution in [3.8, 4) is 11.3 Å². The lowest BCUT2D eigenvalue weighted by Crippen LogP contribution is -2.48. The van der Waals surface area contributed by atoms with Crippen molar-refractivity contribution in [3.63, 3.8) is 0 Å². The Balaban J connectivity index is 1.67. The van der Waals surface area contributed by atoms with Crippen molar-refractivity contribution in [2.75, 3.05) is 19.7 Å². The highest BCUT2D eigenvalue weighted by molar-refractivity contribution is 6.00. The van der Waals surface area contributed by atoms with Gasteiger partial charge in [-0.3, -0.25) is 9.69 Å². The zero-order chi connectivity index (χ0) is 21.5. The van der Waals surface area contributed by atoms with Crippen molar-refractivity contribution in [1.29, 1.82) is 0 Å². The van der Waals surface area contributed by atoms with E-state index in [1.165, 1.54) is 6.92 Å². The fourth-order valence-electron chi connectivity index (χ4n) is 3.54. The third-order valence-electron chi connectivity index (χ3n) is 5.04. The molecule has 3 aromatic rings. The van der Waals surface area contributed by atoms with Crippen LogP contribution < -0.4 is 0 Å². The fraction of sp³-hybridized carbons (Fsp3) is 0.381. The first kappa shape index (κ1) is 20.5. The second-order valence-electron chi connectivity index (χ2n) is 7.34. The Labute approximate surface area is 170 Å². The number of morpholine rings is 1. The highest BCUT2D eigenvalue weighted by Crippen LogP contribution is 2.31. The molecule has 1 aromatic carbocycles. The molecule has 3 heterocycles. The van der Waals surface area contributed by atoms with E-state index in [9.17, 15) is 18.0 Å². The molecule has 30 heavy (non-hydrogen) atoms. The number of pyridine rings is 1. The van der Waals surface area contributed by atoms with Gasteiger partial charge in [-0.25, -0.2) is 9.97 Å². The van der Waals surface area contributed by atoms with E-state index in [0.29, 0.717) is 35.8 Å². The molecule has 0 aliphatic carbocycles. The highest BCUT2D eigenvalue weighted by atomic mass is 19.4. The first-order chi connectivity index (χ1) is 14.2. The number of hydrogen-bond acceptors (Lipinski definition) is 6. The summed E-state index contributed by atoms with van der Waals surface area (Å²) < 4.78 is 49.4. The fourth-order valence-corrected chi connectivity index (χ4v) is 3.54. The summed E-state index contributed by atoms with van der Waals surface area (Å²) >= 11 is 0. The number of hydrogen-bond donors (Lipinski definition) is 0. The molecule has 0 N–H and O–H groups in total. The molecule has 6 nitrogen and oxygen atoms in total. The average Bonchev–Trinajstić information content (AvgIpc) is 3.12. The summed E-state index contributed by atoms with van der Waals surface area (Å²) in [5.41, 5.74) is 2.36. The summed E-state index contributed by atoms with van der Waals surface area (Å²) in [4.78, 5) is 22.2. The number of ketones is 1. The van der Waals surface area contributed by atoms with Crippen LogP contribution in [0.5, 0.6) is 0 Å². The molecular weight excluding hydrogens is 399 g/mol. The Morgan fingerprint density at radius 3 is 2.77 bits per heavy atom. The monoisotopic (exact) mass is 419 g/mol. The second kappa shape index (κ2) is 7.81. The van der Waals surface area contributed by atoms with Gasteiger partial charge in [-0.2, -0.15) is 13.2 Å². The molecule has 158 valence electrons. The zero-order valence-corrected chi connectivity index (χ0v) is 16.5. The summed E-state index contributed by atoms with van der Waals surface area (Å²) in [6.45, 7) is 3.71. The molecule has 1 unspecified atom stereocenters. The lowest BCUT2D eigenvalue weighted by Gasteiger charge is -2.33. The summed E-state index contributed by atoms with van der Waals surface area (Å²) in [6, 6.07) is 7.16. The van der Waals surface area contributed by atoms with E-state index in [1.54, 1.807) is 30.2 Å². The second-order valence-corrected chi connectivity index (χ2v) is 7.34. The van der Waals surface area contributed by atoms with Gasteiger partial charge in [-0.1, -0.05) is 12.1 Å². The molecule has 2 aromatic heterocycles. The summed E-state index contributed by atoms with van der Waals surface area (Å²) in [7, 11) is 0. The third-order valence-corrected chi connectivity index (χ3v) is 5.04. The van der Waals surface area contributed by atoms with Crippen LogP contribution in [0.4, 0.5) is 13.2 Å². The Kier molecular flexibility index (Phi) is 5.33. The number of rotatable bonds is 4. The largest absolute Gasteiger partial charge is 0.441 e. The topological polar surface area (TPSA) is 68.5 Å². The number of benzene rings is 1. The molecule has 1 saturated heterocycles. The van der Waals surface area contributed by atoms with Crippen LogP contribution in [0.1, 0.15) is 28.9 Å². The van der Waals surface area contributed by atoms with Crippen LogP contribution in [0.15, 0.2) is 34.9 Å².